The highest BCUT2D eigenvalue weighted by Gasteiger charge is 2.30. The predicted octanol–water partition coefficient (Wildman–Crippen LogP) is 2.15. The van der Waals surface area contributed by atoms with Gasteiger partial charge in [-0.3, -0.25) is 0 Å². The minimum Gasteiger partial charge on any atom is -0.330 e. The maximum atomic E-state index is 12.5. The van der Waals surface area contributed by atoms with Gasteiger partial charge < -0.3 is 5.73 Å². The van der Waals surface area contributed by atoms with Gasteiger partial charge in [0.2, 0.25) is 0 Å². The number of hydrogen-bond acceptors (Lipinski definition) is 3. The van der Waals surface area contributed by atoms with Crippen LogP contribution in [0.15, 0.2) is 24.4 Å². The first-order valence-electron chi connectivity index (χ1n) is 5.03. The van der Waals surface area contributed by atoms with Gasteiger partial charge in [0.05, 0.1) is 11.1 Å². The third kappa shape index (κ3) is 2.52. The van der Waals surface area contributed by atoms with Gasteiger partial charge in [-0.1, -0.05) is 0 Å². The zero-order valence-corrected chi connectivity index (χ0v) is 8.83. The fourth-order valence-electron chi connectivity index (χ4n) is 1.50. The lowest BCUT2D eigenvalue weighted by Gasteiger charge is -2.07. The number of alkyl halides is 3. The summed E-state index contributed by atoms with van der Waals surface area (Å²) in [5.41, 5.74) is 5.16. The van der Waals surface area contributed by atoms with Crippen LogP contribution >= 0.6 is 0 Å². The summed E-state index contributed by atoms with van der Waals surface area (Å²) in [6, 6.07) is 3.41. The van der Waals surface area contributed by atoms with Gasteiger partial charge in [0.1, 0.15) is 5.82 Å². The molecule has 0 aliphatic rings. The molecule has 0 fully saturated rings. The van der Waals surface area contributed by atoms with Gasteiger partial charge in [-0.25, -0.2) is 9.97 Å². The fourth-order valence-corrected chi connectivity index (χ4v) is 1.50. The summed E-state index contributed by atoms with van der Waals surface area (Å²) in [6.45, 7) is 0.409. The highest BCUT2D eigenvalue weighted by atomic mass is 19.4. The maximum Gasteiger partial charge on any atom is 0.416 e. The predicted molar refractivity (Wildman–Crippen MR) is 57.3 cm³/mol. The minimum atomic E-state index is -4.34. The van der Waals surface area contributed by atoms with E-state index in [9.17, 15) is 13.2 Å². The van der Waals surface area contributed by atoms with Crippen LogP contribution in [0.25, 0.3) is 10.9 Å². The van der Waals surface area contributed by atoms with E-state index in [-0.39, 0.29) is 0 Å². The topological polar surface area (TPSA) is 51.8 Å². The third-order valence-corrected chi connectivity index (χ3v) is 2.32. The summed E-state index contributed by atoms with van der Waals surface area (Å²) in [7, 11) is 0. The monoisotopic (exact) mass is 241 g/mol. The Morgan fingerprint density at radius 2 is 2.00 bits per heavy atom. The quantitative estimate of drug-likeness (QED) is 0.876. The molecule has 0 atom stereocenters. The van der Waals surface area contributed by atoms with Gasteiger partial charge in [-0.05, 0) is 24.7 Å². The van der Waals surface area contributed by atoms with Crippen LogP contribution in [0.2, 0.25) is 0 Å². The van der Waals surface area contributed by atoms with Crippen molar-refractivity contribution in [2.24, 2.45) is 5.73 Å². The molecule has 1 heterocycles. The van der Waals surface area contributed by atoms with Gasteiger partial charge in [0.15, 0.2) is 0 Å². The highest BCUT2D eigenvalue weighted by molar-refractivity contribution is 5.78. The van der Waals surface area contributed by atoms with E-state index in [1.807, 2.05) is 0 Å². The lowest BCUT2D eigenvalue weighted by molar-refractivity contribution is -0.137. The molecule has 0 amide bonds. The normalized spacial score (nSPS) is 12.0. The lowest BCUT2D eigenvalue weighted by Crippen LogP contribution is -2.07. The molecule has 0 aliphatic heterocycles. The van der Waals surface area contributed by atoms with Gasteiger partial charge in [0.25, 0.3) is 0 Å². The molecule has 1 aromatic heterocycles. The summed E-state index contributed by atoms with van der Waals surface area (Å²) >= 11 is 0. The van der Waals surface area contributed by atoms with Gasteiger partial charge >= 0.3 is 6.18 Å². The standard InChI is InChI=1S/C11H10F3N3/c12-11(13,14)8-1-2-9-7(5-8)6-16-10(17-9)3-4-15/h1-2,5-6H,3-4,15H2. The summed E-state index contributed by atoms with van der Waals surface area (Å²) in [5.74, 6) is 0.541. The van der Waals surface area contributed by atoms with E-state index < -0.39 is 11.7 Å². The van der Waals surface area contributed by atoms with E-state index in [2.05, 4.69) is 9.97 Å². The molecule has 2 rings (SSSR count). The second kappa shape index (κ2) is 4.29. The second-order valence-electron chi connectivity index (χ2n) is 3.60. The molecule has 2 N–H and O–H groups in total. The molecule has 1 aromatic carbocycles. The Hall–Kier alpha value is -1.69. The van der Waals surface area contributed by atoms with Gasteiger partial charge in [-0.15, -0.1) is 0 Å². The molecule has 0 saturated carbocycles. The number of fused-ring (bicyclic) bond motifs is 1. The van der Waals surface area contributed by atoms with E-state index in [0.717, 1.165) is 12.1 Å². The van der Waals surface area contributed by atoms with Gasteiger partial charge in [-0.2, -0.15) is 13.2 Å². The van der Waals surface area contributed by atoms with Crippen molar-refractivity contribution < 1.29 is 13.2 Å². The molecule has 0 unspecified atom stereocenters. The highest BCUT2D eigenvalue weighted by Crippen LogP contribution is 2.30. The van der Waals surface area contributed by atoms with Crippen molar-refractivity contribution in [3.63, 3.8) is 0 Å². The molecule has 2 aromatic rings. The molecule has 3 nitrogen and oxygen atoms in total. The Morgan fingerprint density at radius 3 is 2.65 bits per heavy atom. The van der Waals surface area contributed by atoms with Crippen LogP contribution in [-0.4, -0.2) is 16.5 Å². The zero-order chi connectivity index (χ0) is 12.5. The Kier molecular flexibility index (Phi) is 2.97. The number of rotatable bonds is 2. The van der Waals surface area contributed by atoms with Crippen LogP contribution in [0, 0.1) is 0 Å². The third-order valence-electron chi connectivity index (χ3n) is 2.32. The first-order valence-corrected chi connectivity index (χ1v) is 5.03. The van der Waals surface area contributed by atoms with Crippen molar-refractivity contribution in [2.75, 3.05) is 6.54 Å². The van der Waals surface area contributed by atoms with Crippen molar-refractivity contribution in [3.05, 3.63) is 35.8 Å². The van der Waals surface area contributed by atoms with Crippen molar-refractivity contribution >= 4 is 10.9 Å². The van der Waals surface area contributed by atoms with Crippen molar-refractivity contribution in [2.45, 2.75) is 12.6 Å². The van der Waals surface area contributed by atoms with E-state index >= 15 is 0 Å². The lowest BCUT2D eigenvalue weighted by atomic mass is 10.1. The van der Waals surface area contributed by atoms with Crippen LogP contribution in [0.4, 0.5) is 13.2 Å². The average Bonchev–Trinajstić information content (AvgIpc) is 2.27. The van der Waals surface area contributed by atoms with Crippen molar-refractivity contribution in [1.29, 1.82) is 0 Å². The molecule has 17 heavy (non-hydrogen) atoms. The zero-order valence-electron chi connectivity index (χ0n) is 8.83. The first-order chi connectivity index (χ1) is 8.00. The molecule has 0 aliphatic carbocycles. The largest absolute Gasteiger partial charge is 0.416 e. The summed E-state index contributed by atoms with van der Waals surface area (Å²) in [6.07, 6.45) is -2.44. The molecule has 0 spiro atoms. The summed E-state index contributed by atoms with van der Waals surface area (Å²) in [4.78, 5) is 8.09. The van der Waals surface area contributed by atoms with Crippen LogP contribution in [0.3, 0.4) is 0 Å². The molecule has 0 bridgehead atoms. The number of nitrogens with zero attached hydrogens (tertiary/aromatic N) is 2. The van der Waals surface area contributed by atoms with Gasteiger partial charge in [0, 0.05) is 18.0 Å². The Labute approximate surface area is 95.5 Å². The van der Waals surface area contributed by atoms with Crippen LogP contribution in [-0.2, 0) is 12.6 Å². The number of aromatic nitrogens is 2. The first kappa shape index (κ1) is 11.8. The van der Waals surface area contributed by atoms with E-state index in [0.29, 0.717) is 29.7 Å². The number of nitrogens with two attached hydrogens (primary N) is 1. The number of hydrogen-bond donors (Lipinski definition) is 1. The summed E-state index contributed by atoms with van der Waals surface area (Å²) in [5, 5.41) is 0.376. The van der Waals surface area contributed by atoms with Crippen LogP contribution in [0.1, 0.15) is 11.4 Å². The second-order valence-corrected chi connectivity index (χ2v) is 3.60. The van der Waals surface area contributed by atoms with E-state index in [1.165, 1.54) is 12.3 Å². The van der Waals surface area contributed by atoms with Crippen LogP contribution in [0.5, 0.6) is 0 Å². The minimum absolute atomic E-state index is 0.376. The maximum absolute atomic E-state index is 12.5. The van der Waals surface area contributed by atoms with Crippen LogP contribution < -0.4 is 5.73 Å². The average molecular weight is 241 g/mol. The van der Waals surface area contributed by atoms with Crippen molar-refractivity contribution in [3.8, 4) is 0 Å². The number of benzene rings is 1. The molecule has 6 heteroatoms. The molecule has 0 saturated heterocycles. The van der Waals surface area contributed by atoms with E-state index in [1.54, 1.807) is 0 Å². The molecule has 0 radical (unpaired) electrons. The molecule has 90 valence electrons. The Balaban J connectivity index is 2.47. The SMILES string of the molecule is NCCc1ncc2cc(C(F)(F)F)ccc2n1. The molecular weight excluding hydrogens is 231 g/mol. The van der Waals surface area contributed by atoms with Crippen molar-refractivity contribution in [1.82, 2.24) is 9.97 Å². The Morgan fingerprint density at radius 1 is 1.24 bits per heavy atom. The smallest absolute Gasteiger partial charge is 0.330 e. The fraction of sp³-hybridized carbons (Fsp3) is 0.273. The number of halogens is 3. The molecular formula is C11H10F3N3. The summed E-state index contributed by atoms with van der Waals surface area (Å²) < 4.78 is 37.4. The van der Waals surface area contributed by atoms with E-state index in [4.69, 9.17) is 5.73 Å². The Bertz CT molecular complexity index is 537.